The first kappa shape index (κ1) is 22.6. The Morgan fingerprint density at radius 1 is 1.09 bits per heavy atom. The molecule has 33 heavy (non-hydrogen) atoms. The molecule has 0 aliphatic rings. The Balaban J connectivity index is 1.70. The van der Waals surface area contributed by atoms with E-state index in [0.29, 0.717) is 40.0 Å². The average molecular weight is 466 g/mol. The number of hydrogen-bond acceptors (Lipinski definition) is 5. The lowest BCUT2D eigenvalue weighted by atomic mass is 10.1. The van der Waals surface area contributed by atoms with E-state index in [1.54, 1.807) is 19.2 Å². The summed E-state index contributed by atoms with van der Waals surface area (Å²) in [6.45, 7) is 0.767. The summed E-state index contributed by atoms with van der Waals surface area (Å²) in [7, 11) is 1.60. The number of benzene rings is 3. The van der Waals surface area contributed by atoms with Crippen molar-refractivity contribution in [3.05, 3.63) is 88.7 Å². The van der Waals surface area contributed by atoms with Crippen LogP contribution in [0, 0.1) is 0 Å². The number of nitrogens with zero attached hydrogens (tertiary/aromatic N) is 2. The second-order valence-electron chi connectivity index (χ2n) is 7.33. The molecule has 4 rings (SSSR count). The van der Waals surface area contributed by atoms with E-state index in [1.807, 2.05) is 59.2 Å². The third kappa shape index (κ3) is 5.10. The second kappa shape index (κ2) is 10.4. The number of nitrogens with one attached hydrogen (secondary N) is 1. The van der Waals surface area contributed by atoms with Crippen LogP contribution in [-0.4, -0.2) is 40.8 Å². The molecule has 0 saturated heterocycles. The minimum atomic E-state index is -0.265. The number of amides is 1. The molecule has 0 aliphatic carbocycles. The van der Waals surface area contributed by atoms with Crippen LogP contribution in [0.15, 0.2) is 66.7 Å². The number of aromatic nitrogens is 2. The summed E-state index contributed by atoms with van der Waals surface area (Å²) in [6.07, 6.45) is 0. The molecule has 1 amide bonds. The maximum absolute atomic E-state index is 12.3. The number of carbonyl (C=O) groups is 1. The van der Waals surface area contributed by atoms with Crippen LogP contribution in [0.3, 0.4) is 0 Å². The molecule has 0 bridgehead atoms. The van der Waals surface area contributed by atoms with Crippen LogP contribution in [-0.2, 0) is 13.2 Å². The molecule has 1 aromatic heterocycles. The SMILES string of the molecule is COc1ccccc1OCc1nc2cc(C(=O)NCCO)ccc2n1Cc1ccccc1Cl. The highest BCUT2D eigenvalue weighted by molar-refractivity contribution is 6.31. The van der Waals surface area contributed by atoms with Gasteiger partial charge in [-0.05, 0) is 42.0 Å². The Labute approximate surface area is 196 Å². The van der Waals surface area contributed by atoms with Crippen LogP contribution in [0.4, 0.5) is 0 Å². The summed E-state index contributed by atoms with van der Waals surface area (Å²) in [5, 5.41) is 12.3. The van der Waals surface area contributed by atoms with E-state index in [-0.39, 0.29) is 25.7 Å². The van der Waals surface area contributed by atoms with Crippen molar-refractivity contribution in [1.82, 2.24) is 14.9 Å². The van der Waals surface area contributed by atoms with Gasteiger partial charge in [0, 0.05) is 17.1 Å². The van der Waals surface area contributed by atoms with Gasteiger partial charge in [-0.1, -0.05) is 41.9 Å². The van der Waals surface area contributed by atoms with E-state index in [0.717, 1.165) is 11.1 Å². The highest BCUT2D eigenvalue weighted by atomic mass is 35.5. The molecule has 0 atom stereocenters. The Hall–Kier alpha value is -3.55. The molecule has 8 heteroatoms. The predicted molar refractivity (Wildman–Crippen MR) is 127 cm³/mol. The number of hydrogen-bond donors (Lipinski definition) is 2. The number of fused-ring (bicyclic) bond motifs is 1. The van der Waals surface area contributed by atoms with E-state index >= 15 is 0 Å². The average Bonchev–Trinajstić information content (AvgIpc) is 3.19. The normalized spacial score (nSPS) is 10.9. The third-order valence-corrected chi connectivity index (χ3v) is 5.57. The maximum atomic E-state index is 12.3. The van der Waals surface area contributed by atoms with E-state index in [9.17, 15) is 4.79 Å². The highest BCUT2D eigenvalue weighted by Gasteiger charge is 2.16. The van der Waals surface area contributed by atoms with E-state index in [2.05, 4.69) is 5.32 Å². The summed E-state index contributed by atoms with van der Waals surface area (Å²) in [6, 6.07) is 20.4. The molecule has 0 aliphatic heterocycles. The number of halogens is 1. The molecule has 0 spiro atoms. The van der Waals surface area contributed by atoms with Crippen molar-refractivity contribution >= 4 is 28.5 Å². The molecular weight excluding hydrogens is 442 g/mol. The van der Waals surface area contributed by atoms with Crippen molar-refractivity contribution in [1.29, 1.82) is 0 Å². The summed E-state index contributed by atoms with van der Waals surface area (Å²) < 4.78 is 13.4. The number of carbonyl (C=O) groups excluding carboxylic acids is 1. The largest absolute Gasteiger partial charge is 0.493 e. The van der Waals surface area contributed by atoms with Crippen LogP contribution in [0.1, 0.15) is 21.7 Å². The Morgan fingerprint density at radius 2 is 1.85 bits per heavy atom. The number of aliphatic hydroxyl groups excluding tert-OH is 1. The van der Waals surface area contributed by atoms with Gasteiger partial charge in [0.25, 0.3) is 5.91 Å². The Kier molecular flexibility index (Phi) is 7.12. The third-order valence-electron chi connectivity index (χ3n) is 5.20. The van der Waals surface area contributed by atoms with Crippen molar-refractivity contribution < 1.29 is 19.4 Å². The first-order valence-electron chi connectivity index (χ1n) is 10.5. The summed E-state index contributed by atoms with van der Waals surface area (Å²) in [5.74, 6) is 1.66. The van der Waals surface area contributed by atoms with Crippen LogP contribution in [0.2, 0.25) is 5.02 Å². The minimum Gasteiger partial charge on any atom is -0.493 e. The van der Waals surface area contributed by atoms with Crippen molar-refractivity contribution in [2.75, 3.05) is 20.3 Å². The van der Waals surface area contributed by atoms with E-state index in [1.165, 1.54) is 0 Å². The predicted octanol–water partition coefficient (Wildman–Crippen LogP) is 4.05. The van der Waals surface area contributed by atoms with Gasteiger partial charge in [-0.2, -0.15) is 0 Å². The van der Waals surface area contributed by atoms with Gasteiger partial charge in [-0.15, -0.1) is 0 Å². The Morgan fingerprint density at radius 3 is 2.61 bits per heavy atom. The van der Waals surface area contributed by atoms with Crippen LogP contribution >= 0.6 is 11.6 Å². The molecule has 7 nitrogen and oxygen atoms in total. The fourth-order valence-electron chi connectivity index (χ4n) is 3.56. The molecule has 0 saturated carbocycles. The number of ether oxygens (including phenoxy) is 2. The fourth-order valence-corrected chi connectivity index (χ4v) is 3.75. The number of methoxy groups -OCH3 is 1. The molecule has 0 fully saturated rings. The van der Waals surface area contributed by atoms with Gasteiger partial charge in [0.2, 0.25) is 0 Å². The molecule has 4 aromatic rings. The lowest BCUT2D eigenvalue weighted by Crippen LogP contribution is -2.26. The molecule has 0 radical (unpaired) electrons. The number of aliphatic hydroxyl groups is 1. The van der Waals surface area contributed by atoms with Gasteiger partial charge in [-0.25, -0.2) is 4.98 Å². The topological polar surface area (TPSA) is 85.6 Å². The van der Waals surface area contributed by atoms with Gasteiger partial charge < -0.3 is 24.5 Å². The summed E-state index contributed by atoms with van der Waals surface area (Å²) >= 11 is 6.42. The highest BCUT2D eigenvalue weighted by Crippen LogP contribution is 2.28. The number of imidazole rings is 1. The molecule has 1 heterocycles. The van der Waals surface area contributed by atoms with Crippen LogP contribution < -0.4 is 14.8 Å². The first-order chi connectivity index (χ1) is 16.1. The smallest absolute Gasteiger partial charge is 0.251 e. The van der Waals surface area contributed by atoms with Crippen molar-refractivity contribution in [2.24, 2.45) is 0 Å². The zero-order valence-electron chi connectivity index (χ0n) is 18.1. The number of rotatable bonds is 9. The van der Waals surface area contributed by atoms with Crippen molar-refractivity contribution in [2.45, 2.75) is 13.2 Å². The zero-order chi connectivity index (χ0) is 23.2. The lowest BCUT2D eigenvalue weighted by Gasteiger charge is -2.13. The van der Waals surface area contributed by atoms with Gasteiger partial charge in [-0.3, -0.25) is 4.79 Å². The molecule has 2 N–H and O–H groups in total. The number of para-hydroxylation sites is 2. The molecule has 170 valence electrons. The molecule has 0 unspecified atom stereocenters. The monoisotopic (exact) mass is 465 g/mol. The first-order valence-corrected chi connectivity index (χ1v) is 10.9. The van der Waals surface area contributed by atoms with E-state index < -0.39 is 0 Å². The van der Waals surface area contributed by atoms with Crippen LogP contribution in [0.25, 0.3) is 11.0 Å². The zero-order valence-corrected chi connectivity index (χ0v) is 18.9. The second-order valence-corrected chi connectivity index (χ2v) is 7.74. The van der Waals surface area contributed by atoms with Gasteiger partial charge in [0.1, 0.15) is 12.4 Å². The van der Waals surface area contributed by atoms with Gasteiger partial charge in [0.15, 0.2) is 11.5 Å². The Bertz CT molecular complexity index is 1270. The minimum absolute atomic E-state index is 0.120. The molecule has 3 aromatic carbocycles. The summed E-state index contributed by atoms with van der Waals surface area (Å²) in [5.41, 5.74) is 2.93. The van der Waals surface area contributed by atoms with Crippen LogP contribution in [0.5, 0.6) is 11.5 Å². The van der Waals surface area contributed by atoms with Crippen molar-refractivity contribution in [3.63, 3.8) is 0 Å². The lowest BCUT2D eigenvalue weighted by molar-refractivity contribution is 0.0945. The maximum Gasteiger partial charge on any atom is 0.251 e. The van der Waals surface area contributed by atoms with Crippen molar-refractivity contribution in [3.8, 4) is 11.5 Å². The van der Waals surface area contributed by atoms with Gasteiger partial charge in [0.05, 0.1) is 31.3 Å². The quantitative estimate of drug-likeness (QED) is 0.389. The van der Waals surface area contributed by atoms with E-state index in [4.69, 9.17) is 31.2 Å². The summed E-state index contributed by atoms with van der Waals surface area (Å²) in [4.78, 5) is 17.1. The fraction of sp³-hybridized carbons (Fsp3) is 0.200. The van der Waals surface area contributed by atoms with Gasteiger partial charge >= 0.3 is 0 Å². The molecular formula is C25H24ClN3O4. The standard InChI is InChI=1S/C25H24ClN3O4/c1-32-22-8-4-5-9-23(22)33-16-24-28-20-14-17(25(31)27-12-13-30)10-11-21(20)29(24)15-18-6-2-3-7-19(18)26/h2-11,14,30H,12-13,15-16H2,1H3,(H,27,31).